The lowest BCUT2D eigenvalue weighted by molar-refractivity contribution is 0.277. The van der Waals surface area contributed by atoms with Crippen LogP contribution >= 0.6 is 0 Å². The van der Waals surface area contributed by atoms with Crippen LogP contribution in [0.1, 0.15) is 38.2 Å². The molecule has 1 aromatic carbocycles. The molecule has 2 atom stereocenters. The number of ether oxygens (including phenoxy) is 3. The van der Waals surface area contributed by atoms with E-state index in [-0.39, 0.29) is 0 Å². The predicted octanol–water partition coefficient (Wildman–Crippen LogP) is 3.38. The molecular formula is C17H27NO3. The smallest absolute Gasteiger partial charge is 0.164 e. The van der Waals surface area contributed by atoms with Crippen LogP contribution in [0.25, 0.3) is 0 Å². The molecule has 0 radical (unpaired) electrons. The van der Waals surface area contributed by atoms with E-state index >= 15 is 0 Å². The van der Waals surface area contributed by atoms with Crippen LogP contribution < -0.4 is 19.5 Å². The lowest BCUT2D eigenvalue weighted by Gasteiger charge is -2.30. The Hall–Kier alpha value is -1.42. The minimum absolute atomic E-state index is 0.594. The summed E-state index contributed by atoms with van der Waals surface area (Å²) in [5.74, 6) is 3.02. The van der Waals surface area contributed by atoms with Crippen molar-refractivity contribution in [2.75, 3.05) is 21.3 Å². The van der Waals surface area contributed by atoms with Gasteiger partial charge in [0.05, 0.1) is 21.3 Å². The number of hydrogen-bond donors (Lipinski definition) is 1. The van der Waals surface area contributed by atoms with Crippen molar-refractivity contribution in [3.63, 3.8) is 0 Å². The van der Waals surface area contributed by atoms with E-state index in [1.54, 1.807) is 21.3 Å². The van der Waals surface area contributed by atoms with Crippen LogP contribution in [0.2, 0.25) is 0 Å². The third-order valence-electron chi connectivity index (χ3n) is 4.45. The first-order chi connectivity index (χ1) is 10.2. The average molecular weight is 293 g/mol. The Kier molecular flexibility index (Phi) is 5.74. The molecule has 0 aromatic heterocycles. The van der Waals surface area contributed by atoms with E-state index in [2.05, 4.69) is 12.2 Å². The topological polar surface area (TPSA) is 39.7 Å². The fourth-order valence-corrected chi connectivity index (χ4v) is 3.09. The second-order valence-corrected chi connectivity index (χ2v) is 5.77. The number of hydrogen-bond acceptors (Lipinski definition) is 4. The highest BCUT2D eigenvalue weighted by molar-refractivity contribution is 5.50. The maximum absolute atomic E-state index is 5.48. The second kappa shape index (κ2) is 7.55. The molecule has 4 nitrogen and oxygen atoms in total. The minimum atomic E-state index is 0.594. The molecule has 2 rings (SSSR count). The Bertz CT molecular complexity index is 462. The fraction of sp³-hybridized carbons (Fsp3) is 0.647. The molecule has 118 valence electrons. The highest BCUT2D eigenvalue weighted by atomic mass is 16.5. The first-order valence-corrected chi connectivity index (χ1v) is 7.71. The molecule has 0 amide bonds. The summed E-state index contributed by atoms with van der Waals surface area (Å²) in [5, 5.41) is 3.67. The maximum atomic E-state index is 5.48. The predicted molar refractivity (Wildman–Crippen MR) is 84.4 cm³/mol. The van der Waals surface area contributed by atoms with E-state index in [0.717, 1.165) is 29.5 Å². The number of rotatable bonds is 6. The van der Waals surface area contributed by atoms with Crippen LogP contribution in [-0.2, 0) is 6.54 Å². The lowest BCUT2D eigenvalue weighted by Crippen LogP contribution is -2.36. The Labute approximate surface area is 127 Å². The molecule has 1 saturated carbocycles. The molecule has 0 saturated heterocycles. The number of methoxy groups -OCH3 is 3. The van der Waals surface area contributed by atoms with E-state index in [1.165, 1.54) is 25.7 Å². The first kappa shape index (κ1) is 16.0. The molecule has 1 aliphatic carbocycles. The summed E-state index contributed by atoms with van der Waals surface area (Å²) in [4.78, 5) is 0. The zero-order valence-electron chi connectivity index (χ0n) is 13.6. The van der Waals surface area contributed by atoms with Gasteiger partial charge in [0.2, 0.25) is 0 Å². The highest BCUT2D eigenvalue weighted by Crippen LogP contribution is 2.35. The quantitative estimate of drug-likeness (QED) is 0.873. The van der Waals surface area contributed by atoms with Crippen LogP contribution in [0.5, 0.6) is 17.2 Å². The van der Waals surface area contributed by atoms with Crippen molar-refractivity contribution in [3.8, 4) is 17.2 Å². The van der Waals surface area contributed by atoms with Gasteiger partial charge in [0.15, 0.2) is 11.5 Å². The zero-order valence-corrected chi connectivity index (χ0v) is 13.6. The molecule has 0 aliphatic heterocycles. The van der Waals surface area contributed by atoms with Crippen molar-refractivity contribution < 1.29 is 14.2 Å². The van der Waals surface area contributed by atoms with Crippen LogP contribution in [0.15, 0.2) is 12.1 Å². The van der Waals surface area contributed by atoms with Crippen molar-refractivity contribution in [1.29, 1.82) is 0 Å². The van der Waals surface area contributed by atoms with E-state index < -0.39 is 0 Å². The van der Waals surface area contributed by atoms with Crippen molar-refractivity contribution in [1.82, 2.24) is 5.32 Å². The molecule has 1 N–H and O–H groups in total. The summed E-state index contributed by atoms with van der Waals surface area (Å²) in [5.41, 5.74) is 1.10. The molecule has 21 heavy (non-hydrogen) atoms. The summed E-state index contributed by atoms with van der Waals surface area (Å²) in [6, 6.07) is 4.48. The zero-order chi connectivity index (χ0) is 15.2. The molecule has 0 spiro atoms. The van der Waals surface area contributed by atoms with Crippen LogP contribution in [0, 0.1) is 5.92 Å². The molecule has 1 fully saturated rings. The van der Waals surface area contributed by atoms with Gasteiger partial charge in [0.25, 0.3) is 0 Å². The van der Waals surface area contributed by atoms with Crippen molar-refractivity contribution >= 4 is 0 Å². The standard InChI is InChI=1S/C17H27NO3/c1-12-7-5-6-8-14(12)18-11-13-9-16(20-3)17(21-4)10-15(13)19-2/h9-10,12,14,18H,5-8,11H2,1-4H3/t12-,14-/m1/s1. The first-order valence-electron chi connectivity index (χ1n) is 7.71. The van der Waals surface area contributed by atoms with Crippen LogP contribution in [0.3, 0.4) is 0 Å². The fourth-order valence-electron chi connectivity index (χ4n) is 3.09. The molecule has 4 heteroatoms. The Morgan fingerprint density at radius 3 is 2.19 bits per heavy atom. The summed E-state index contributed by atoms with van der Waals surface area (Å²) >= 11 is 0. The van der Waals surface area contributed by atoms with Gasteiger partial charge in [-0.05, 0) is 24.8 Å². The highest BCUT2D eigenvalue weighted by Gasteiger charge is 2.21. The second-order valence-electron chi connectivity index (χ2n) is 5.77. The molecule has 0 heterocycles. The normalized spacial score (nSPS) is 21.9. The minimum Gasteiger partial charge on any atom is -0.496 e. The van der Waals surface area contributed by atoms with Crippen molar-refractivity contribution in [3.05, 3.63) is 17.7 Å². The lowest BCUT2D eigenvalue weighted by atomic mass is 9.86. The van der Waals surface area contributed by atoms with Gasteiger partial charge in [-0.1, -0.05) is 19.8 Å². The summed E-state index contributed by atoms with van der Waals surface area (Å²) < 4.78 is 16.2. The van der Waals surface area contributed by atoms with E-state index in [4.69, 9.17) is 14.2 Å². The largest absolute Gasteiger partial charge is 0.496 e. The third kappa shape index (κ3) is 3.82. The summed E-state index contributed by atoms with van der Waals surface area (Å²) in [7, 11) is 4.98. The van der Waals surface area contributed by atoms with E-state index in [0.29, 0.717) is 11.8 Å². The van der Waals surface area contributed by atoms with Gasteiger partial charge in [0, 0.05) is 24.2 Å². The van der Waals surface area contributed by atoms with Gasteiger partial charge < -0.3 is 19.5 Å². The average Bonchev–Trinajstić information content (AvgIpc) is 2.53. The Morgan fingerprint density at radius 1 is 0.952 bits per heavy atom. The number of nitrogens with one attached hydrogen (secondary N) is 1. The van der Waals surface area contributed by atoms with Gasteiger partial charge in [0.1, 0.15) is 5.75 Å². The van der Waals surface area contributed by atoms with Gasteiger partial charge in [-0.3, -0.25) is 0 Å². The SMILES string of the molecule is COc1cc(OC)c(OC)cc1CN[C@@H]1CCCC[C@H]1C. The molecule has 1 aliphatic rings. The van der Waals surface area contributed by atoms with Gasteiger partial charge in [-0.25, -0.2) is 0 Å². The van der Waals surface area contributed by atoms with Gasteiger partial charge >= 0.3 is 0 Å². The monoisotopic (exact) mass is 293 g/mol. The van der Waals surface area contributed by atoms with E-state index in [1.807, 2.05) is 12.1 Å². The van der Waals surface area contributed by atoms with Crippen LogP contribution in [0.4, 0.5) is 0 Å². The summed E-state index contributed by atoms with van der Waals surface area (Å²) in [6.45, 7) is 3.13. The Balaban J connectivity index is 2.10. The van der Waals surface area contributed by atoms with Crippen molar-refractivity contribution in [2.24, 2.45) is 5.92 Å². The molecule has 0 bridgehead atoms. The maximum Gasteiger partial charge on any atom is 0.164 e. The number of benzene rings is 1. The molecule has 1 aromatic rings. The third-order valence-corrected chi connectivity index (χ3v) is 4.45. The molecule has 0 unspecified atom stereocenters. The Morgan fingerprint density at radius 2 is 1.57 bits per heavy atom. The van der Waals surface area contributed by atoms with E-state index in [9.17, 15) is 0 Å². The summed E-state index contributed by atoms with van der Waals surface area (Å²) in [6.07, 6.45) is 5.27. The van der Waals surface area contributed by atoms with Crippen LogP contribution in [-0.4, -0.2) is 27.4 Å². The molecular weight excluding hydrogens is 266 g/mol. The van der Waals surface area contributed by atoms with Gasteiger partial charge in [-0.2, -0.15) is 0 Å². The van der Waals surface area contributed by atoms with Crippen molar-refractivity contribution in [2.45, 2.75) is 45.2 Å². The van der Waals surface area contributed by atoms with Gasteiger partial charge in [-0.15, -0.1) is 0 Å².